The van der Waals surface area contributed by atoms with Crippen LogP contribution in [0.4, 0.5) is 0 Å². The summed E-state index contributed by atoms with van der Waals surface area (Å²) in [5.41, 5.74) is 1.91. The molecule has 6 heteroatoms. The van der Waals surface area contributed by atoms with Gasteiger partial charge in [-0.1, -0.05) is 6.07 Å². The van der Waals surface area contributed by atoms with Crippen LogP contribution in [0.1, 0.15) is 11.1 Å². The Kier molecular flexibility index (Phi) is 6.97. The van der Waals surface area contributed by atoms with Crippen molar-refractivity contribution in [2.75, 3.05) is 35.5 Å². The summed E-state index contributed by atoms with van der Waals surface area (Å²) in [5, 5.41) is 9.75. The molecule has 2 rings (SSSR count). The molecule has 1 atom stereocenters. The maximum absolute atomic E-state index is 9.75. The lowest BCUT2D eigenvalue weighted by molar-refractivity contribution is 0.102. The van der Waals surface area contributed by atoms with Gasteiger partial charge in [0.25, 0.3) is 0 Å². The maximum Gasteiger partial charge on any atom is 0.160 e. The maximum atomic E-state index is 9.75. The van der Waals surface area contributed by atoms with Gasteiger partial charge in [0.1, 0.15) is 17.2 Å². The van der Waals surface area contributed by atoms with Gasteiger partial charge in [0.05, 0.1) is 34.5 Å². The zero-order valence-electron chi connectivity index (χ0n) is 15.9. The number of phenolic OH excluding ortho intramolecular Hbond substituents is 1. The highest BCUT2D eigenvalue weighted by Crippen LogP contribution is 2.36. The van der Waals surface area contributed by atoms with Crippen LogP contribution in [0.5, 0.6) is 28.7 Å². The Labute approximate surface area is 154 Å². The third kappa shape index (κ3) is 4.52. The summed E-state index contributed by atoms with van der Waals surface area (Å²) in [6.07, 6.45) is 1.13. The van der Waals surface area contributed by atoms with E-state index in [2.05, 4.69) is 0 Å². The lowest BCUT2D eigenvalue weighted by Crippen LogP contribution is -2.18. The Bertz CT molecular complexity index is 703. The summed E-state index contributed by atoms with van der Waals surface area (Å²) in [4.78, 5) is 0. The minimum Gasteiger partial charge on any atom is -0.504 e. The van der Waals surface area contributed by atoms with Crippen molar-refractivity contribution in [2.45, 2.75) is 18.9 Å². The van der Waals surface area contributed by atoms with E-state index in [4.69, 9.17) is 23.7 Å². The van der Waals surface area contributed by atoms with Crippen molar-refractivity contribution in [1.29, 1.82) is 0 Å². The van der Waals surface area contributed by atoms with E-state index < -0.39 is 0 Å². The normalized spacial score (nSPS) is 11.7. The fourth-order valence-corrected chi connectivity index (χ4v) is 2.86. The van der Waals surface area contributed by atoms with E-state index in [-0.39, 0.29) is 11.9 Å². The van der Waals surface area contributed by atoms with Gasteiger partial charge in [0.2, 0.25) is 0 Å². The van der Waals surface area contributed by atoms with Crippen LogP contribution < -0.4 is 18.9 Å². The average molecular weight is 362 g/mol. The molecule has 0 aliphatic rings. The van der Waals surface area contributed by atoms with Crippen LogP contribution in [0, 0.1) is 0 Å². The molecule has 2 aromatic carbocycles. The third-order valence-corrected chi connectivity index (χ3v) is 4.29. The Morgan fingerprint density at radius 2 is 1.38 bits per heavy atom. The topological polar surface area (TPSA) is 66.4 Å². The molecule has 0 spiro atoms. The van der Waals surface area contributed by atoms with Crippen molar-refractivity contribution in [3.05, 3.63) is 41.5 Å². The van der Waals surface area contributed by atoms with E-state index >= 15 is 0 Å². The molecular formula is C20H26O6. The van der Waals surface area contributed by atoms with E-state index in [9.17, 15) is 5.11 Å². The summed E-state index contributed by atoms with van der Waals surface area (Å²) in [6, 6.07) is 8.94. The third-order valence-electron chi connectivity index (χ3n) is 4.29. The zero-order valence-corrected chi connectivity index (χ0v) is 15.9. The molecule has 0 aromatic heterocycles. The first-order valence-electron chi connectivity index (χ1n) is 8.23. The van der Waals surface area contributed by atoms with E-state index in [1.807, 2.05) is 24.3 Å². The molecule has 26 heavy (non-hydrogen) atoms. The van der Waals surface area contributed by atoms with Gasteiger partial charge in [0.15, 0.2) is 11.5 Å². The predicted octanol–water partition coefficient (Wildman–Crippen LogP) is 3.23. The van der Waals surface area contributed by atoms with Crippen molar-refractivity contribution < 1.29 is 28.8 Å². The standard InChI is InChI=1S/C20H26O6/c1-22-14(8-13-6-7-17(21)20(9-13)26-5)10-16-18(24-3)11-15(23-2)12-19(16)25-4/h6-7,9,11-12,14,21H,8,10H2,1-5H3. The lowest BCUT2D eigenvalue weighted by atomic mass is 9.99. The molecule has 0 saturated carbocycles. The summed E-state index contributed by atoms with van der Waals surface area (Å²) in [6.45, 7) is 0. The molecule has 0 fully saturated rings. The van der Waals surface area contributed by atoms with Crippen LogP contribution in [0.2, 0.25) is 0 Å². The van der Waals surface area contributed by atoms with Crippen molar-refractivity contribution in [3.8, 4) is 28.7 Å². The van der Waals surface area contributed by atoms with Crippen LogP contribution in [-0.2, 0) is 17.6 Å². The largest absolute Gasteiger partial charge is 0.504 e. The average Bonchev–Trinajstić information content (AvgIpc) is 2.68. The van der Waals surface area contributed by atoms with Crippen molar-refractivity contribution in [3.63, 3.8) is 0 Å². The van der Waals surface area contributed by atoms with Gasteiger partial charge in [-0.05, 0) is 24.1 Å². The number of benzene rings is 2. The number of methoxy groups -OCH3 is 5. The Balaban J connectivity index is 2.27. The fraction of sp³-hybridized carbons (Fsp3) is 0.400. The number of hydrogen-bond acceptors (Lipinski definition) is 6. The molecule has 2 aromatic rings. The highest BCUT2D eigenvalue weighted by atomic mass is 16.5. The smallest absolute Gasteiger partial charge is 0.160 e. The molecule has 0 bridgehead atoms. The van der Waals surface area contributed by atoms with E-state index in [1.165, 1.54) is 7.11 Å². The highest BCUT2D eigenvalue weighted by molar-refractivity contribution is 5.51. The Morgan fingerprint density at radius 3 is 1.88 bits per heavy atom. The van der Waals surface area contributed by atoms with Crippen molar-refractivity contribution in [1.82, 2.24) is 0 Å². The summed E-state index contributed by atoms with van der Waals surface area (Å²) < 4.78 is 27.2. The molecule has 1 unspecified atom stereocenters. The molecule has 1 N–H and O–H groups in total. The molecule has 142 valence electrons. The van der Waals surface area contributed by atoms with E-state index in [0.717, 1.165) is 11.1 Å². The van der Waals surface area contributed by atoms with E-state index in [0.29, 0.717) is 35.8 Å². The van der Waals surface area contributed by atoms with Gasteiger partial charge >= 0.3 is 0 Å². The quantitative estimate of drug-likeness (QED) is 0.739. The first kappa shape index (κ1) is 19.7. The van der Waals surface area contributed by atoms with Gasteiger partial charge in [0, 0.05) is 31.2 Å². The van der Waals surface area contributed by atoms with Crippen LogP contribution in [0.15, 0.2) is 30.3 Å². The van der Waals surface area contributed by atoms with Crippen LogP contribution in [0.3, 0.4) is 0 Å². The number of ether oxygens (including phenoxy) is 5. The second-order valence-corrected chi connectivity index (χ2v) is 5.78. The first-order chi connectivity index (χ1) is 12.6. The number of aromatic hydroxyl groups is 1. The molecular weight excluding hydrogens is 336 g/mol. The van der Waals surface area contributed by atoms with Crippen LogP contribution in [0.25, 0.3) is 0 Å². The predicted molar refractivity (Wildman–Crippen MR) is 99.0 cm³/mol. The lowest BCUT2D eigenvalue weighted by Gasteiger charge is -2.20. The van der Waals surface area contributed by atoms with Gasteiger partial charge in [-0.2, -0.15) is 0 Å². The number of phenols is 1. The second-order valence-electron chi connectivity index (χ2n) is 5.78. The molecule has 0 aliphatic carbocycles. The summed E-state index contributed by atoms with van der Waals surface area (Å²) >= 11 is 0. The molecule has 0 saturated heterocycles. The molecule has 6 nitrogen and oxygen atoms in total. The van der Waals surface area contributed by atoms with Crippen LogP contribution >= 0.6 is 0 Å². The van der Waals surface area contributed by atoms with Crippen molar-refractivity contribution >= 4 is 0 Å². The number of rotatable bonds is 9. The minimum absolute atomic E-state index is 0.111. The molecule has 0 radical (unpaired) electrons. The van der Waals surface area contributed by atoms with Gasteiger partial charge < -0.3 is 28.8 Å². The fourth-order valence-electron chi connectivity index (χ4n) is 2.86. The molecule has 0 heterocycles. The zero-order chi connectivity index (χ0) is 19.1. The van der Waals surface area contributed by atoms with Gasteiger partial charge in [-0.25, -0.2) is 0 Å². The van der Waals surface area contributed by atoms with E-state index in [1.54, 1.807) is 34.5 Å². The molecule has 0 aliphatic heterocycles. The molecule has 0 amide bonds. The second kappa shape index (κ2) is 9.20. The first-order valence-corrected chi connectivity index (χ1v) is 8.23. The minimum atomic E-state index is -0.111. The summed E-state index contributed by atoms with van der Waals surface area (Å²) in [5.74, 6) is 2.60. The highest BCUT2D eigenvalue weighted by Gasteiger charge is 2.19. The SMILES string of the molecule is COc1cc(OC)c(CC(Cc2ccc(O)c(OC)c2)OC)c(OC)c1. The number of hydrogen-bond donors (Lipinski definition) is 1. The monoisotopic (exact) mass is 362 g/mol. The van der Waals surface area contributed by atoms with Crippen molar-refractivity contribution in [2.24, 2.45) is 0 Å². The Morgan fingerprint density at radius 1 is 0.769 bits per heavy atom. The van der Waals surface area contributed by atoms with Gasteiger partial charge in [-0.15, -0.1) is 0 Å². The van der Waals surface area contributed by atoms with Gasteiger partial charge in [-0.3, -0.25) is 0 Å². The summed E-state index contributed by atoms with van der Waals surface area (Å²) in [7, 11) is 8.03. The Hall–Kier alpha value is -2.60. The van der Waals surface area contributed by atoms with Crippen LogP contribution in [-0.4, -0.2) is 46.8 Å².